The molecule has 0 saturated carbocycles. The average molecular weight is 337 g/mol. The van der Waals surface area contributed by atoms with Crippen LogP contribution in [0, 0.1) is 0 Å². The van der Waals surface area contributed by atoms with E-state index in [1.807, 2.05) is 6.07 Å². The molecule has 0 unspecified atom stereocenters. The van der Waals surface area contributed by atoms with Crippen molar-refractivity contribution in [2.45, 2.75) is 13.1 Å². The Hall–Kier alpha value is -2.55. The third-order valence-electron chi connectivity index (χ3n) is 3.72. The van der Waals surface area contributed by atoms with E-state index in [2.05, 4.69) is 20.2 Å². The zero-order chi connectivity index (χ0) is 16.9. The minimum atomic E-state index is -2.69. The number of anilines is 1. The Morgan fingerprint density at radius 1 is 1.29 bits per heavy atom. The van der Waals surface area contributed by atoms with Crippen LogP contribution in [0.1, 0.15) is 22.9 Å². The van der Waals surface area contributed by atoms with Gasteiger partial charge in [0.05, 0.1) is 19.8 Å². The minimum Gasteiger partial charge on any atom is -0.378 e. The van der Waals surface area contributed by atoms with E-state index in [0.717, 1.165) is 18.8 Å². The summed E-state index contributed by atoms with van der Waals surface area (Å²) in [6.45, 7) is -0.0181. The highest BCUT2D eigenvalue weighted by Gasteiger charge is 2.16. The van der Waals surface area contributed by atoms with E-state index in [1.54, 1.807) is 12.3 Å². The number of hydrogen-bond acceptors (Lipinski definition) is 5. The molecule has 1 amide bonds. The van der Waals surface area contributed by atoms with Gasteiger partial charge in [-0.15, -0.1) is 0 Å². The third kappa shape index (κ3) is 3.67. The van der Waals surface area contributed by atoms with Gasteiger partial charge in [0.1, 0.15) is 11.5 Å². The van der Waals surface area contributed by atoms with Crippen LogP contribution < -0.4 is 10.2 Å². The maximum Gasteiger partial charge on any atom is 0.319 e. The highest BCUT2D eigenvalue weighted by Crippen LogP contribution is 2.16. The van der Waals surface area contributed by atoms with E-state index in [-0.39, 0.29) is 18.1 Å². The van der Waals surface area contributed by atoms with Crippen LogP contribution >= 0.6 is 0 Å². The van der Waals surface area contributed by atoms with E-state index in [9.17, 15) is 13.6 Å². The summed E-state index contributed by atoms with van der Waals surface area (Å²) in [5.74, 6) is -0.350. The Morgan fingerprint density at radius 2 is 2.08 bits per heavy atom. The van der Waals surface area contributed by atoms with Gasteiger partial charge in [0.15, 0.2) is 0 Å². The number of amides is 1. The first-order chi connectivity index (χ1) is 11.6. The average Bonchev–Trinajstić information content (AvgIpc) is 3.09. The van der Waals surface area contributed by atoms with Gasteiger partial charge in [-0.2, -0.15) is 8.78 Å². The molecule has 0 aromatic carbocycles. The summed E-state index contributed by atoms with van der Waals surface area (Å²) in [5.41, 5.74) is 1.11. The Labute approximate surface area is 137 Å². The van der Waals surface area contributed by atoms with Crippen molar-refractivity contribution in [3.05, 3.63) is 42.2 Å². The predicted molar refractivity (Wildman–Crippen MR) is 81.9 cm³/mol. The fraction of sp³-hybridized carbons (Fsp3) is 0.400. The summed E-state index contributed by atoms with van der Waals surface area (Å²) < 4.78 is 31.5. The molecule has 0 bridgehead atoms. The van der Waals surface area contributed by atoms with Gasteiger partial charge < -0.3 is 15.0 Å². The summed E-state index contributed by atoms with van der Waals surface area (Å²) in [7, 11) is 0. The highest BCUT2D eigenvalue weighted by atomic mass is 19.3. The molecule has 24 heavy (non-hydrogen) atoms. The van der Waals surface area contributed by atoms with Crippen LogP contribution in [0.4, 0.5) is 14.5 Å². The maximum absolute atomic E-state index is 12.7. The van der Waals surface area contributed by atoms with Crippen molar-refractivity contribution < 1.29 is 18.3 Å². The van der Waals surface area contributed by atoms with Crippen LogP contribution in [0.15, 0.2) is 30.7 Å². The van der Waals surface area contributed by atoms with Crippen LogP contribution in [-0.4, -0.2) is 46.7 Å². The second-order valence-electron chi connectivity index (χ2n) is 5.21. The zero-order valence-electron chi connectivity index (χ0n) is 12.9. The number of pyridine rings is 1. The van der Waals surface area contributed by atoms with Gasteiger partial charge in [-0.25, -0.2) is 4.98 Å². The van der Waals surface area contributed by atoms with Gasteiger partial charge >= 0.3 is 6.55 Å². The van der Waals surface area contributed by atoms with Crippen molar-refractivity contribution in [1.82, 2.24) is 19.9 Å². The first-order valence-electron chi connectivity index (χ1n) is 7.52. The lowest BCUT2D eigenvalue weighted by Crippen LogP contribution is -2.36. The van der Waals surface area contributed by atoms with E-state index < -0.39 is 12.5 Å². The molecule has 2 aromatic heterocycles. The first kappa shape index (κ1) is 16.3. The van der Waals surface area contributed by atoms with E-state index in [1.165, 1.54) is 12.4 Å². The molecule has 1 N–H and O–H groups in total. The minimum absolute atomic E-state index is 0.0858. The second kappa shape index (κ2) is 7.35. The molecular formula is C15H17F2N5O2. The molecule has 1 saturated heterocycles. The fourth-order valence-corrected chi connectivity index (χ4v) is 2.47. The van der Waals surface area contributed by atoms with Crippen molar-refractivity contribution in [3.8, 4) is 0 Å². The topological polar surface area (TPSA) is 72.3 Å². The molecular weight excluding hydrogens is 320 g/mol. The molecule has 3 heterocycles. The summed E-state index contributed by atoms with van der Waals surface area (Å²) in [6.07, 6.45) is 3.99. The van der Waals surface area contributed by atoms with Crippen molar-refractivity contribution in [3.63, 3.8) is 0 Å². The van der Waals surface area contributed by atoms with Gasteiger partial charge in [0.25, 0.3) is 5.91 Å². The number of nitrogens with zero attached hydrogens (tertiary/aromatic N) is 4. The van der Waals surface area contributed by atoms with Gasteiger partial charge in [0.2, 0.25) is 0 Å². The number of carbonyl (C=O) groups is 1. The lowest BCUT2D eigenvalue weighted by atomic mass is 10.2. The number of aromatic nitrogens is 3. The number of halogens is 2. The molecule has 7 nitrogen and oxygen atoms in total. The third-order valence-corrected chi connectivity index (χ3v) is 3.72. The van der Waals surface area contributed by atoms with E-state index in [0.29, 0.717) is 17.8 Å². The summed E-state index contributed by atoms with van der Waals surface area (Å²) in [4.78, 5) is 22.2. The Bertz CT molecular complexity index is 701. The molecule has 0 spiro atoms. The molecule has 1 aliphatic heterocycles. The number of rotatable bonds is 5. The van der Waals surface area contributed by atoms with E-state index >= 15 is 0 Å². The molecule has 0 aliphatic carbocycles. The Kier molecular flexibility index (Phi) is 4.99. The van der Waals surface area contributed by atoms with E-state index in [4.69, 9.17) is 4.74 Å². The summed E-state index contributed by atoms with van der Waals surface area (Å²) in [5, 5.41) is 2.57. The molecule has 9 heteroatoms. The number of hydrogen-bond donors (Lipinski definition) is 1. The molecule has 0 atom stereocenters. The monoisotopic (exact) mass is 337 g/mol. The molecule has 0 radical (unpaired) electrons. The van der Waals surface area contributed by atoms with Crippen LogP contribution in [0.3, 0.4) is 0 Å². The Balaban J connectivity index is 1.65. The summed E-state index contributed by atoms with van der Waals surface area (Å²) >= 11 is 0. The SMILES string of the molecule is O=C(NCc1nccn1C(F)F)c1cc(N2CCOCC2)ccn1. The van der Waals surface area contributed by atoms with Crippen LogP contribution in [0.5, 0.6) is 0 Å². The van der Waals surface area contributed by atoms with Gasteiger partial charge in [-0.3, -0.25) is 14.3 Å². The van der Waals surface area contributed by atoms with Crippen LogP contribution in [-0.2, 0) is 11.3 Å². The number of alkyl halides is 2. The zero-order valence-corrected chi connectivity index (χ0v) is 12.9. The number of nitrogens with one attached hydrogen (secondary N) is 1. The fourth-order valence-electron chi connectivity index (χ4n) is 2.47. The number of imidazole rings is 1. The Morgan fingerprint density at radius 3 is 2.83 bits per heavy atom. The van der Waals surface area contributed by atoms with Crippen molar-refractivity contribution in [2.75, 3.05) is 31.2 Å². The standard InChI is InChI=1S/C15H17F2N5O2/c16-15(17)22-4-3-19-13(22)10-20-14(23)12-9-11(1-2-18-12)21-5-7-24-8-6-21/h1-4,9,15H,5-8,10H2,(H,20,23). The lowest BCUT2D eigenvalue weighted by Gasteiger charge is -2.28. The number of carbonyl (C=O) groups excluding carboxylic acids is 1. The second-order valence-corrected chi connectivity index (χ2v) is 5.21. The summed E-state index contributed by atoms with van der Waals surface area (Å²) in [6, 6.07) is 3.51. The van der Waals surface area contributed by atoms with Crippen LogP contribution in [0.25, 0.3) is 0 Å². The largest absolute Gasteiger partial charge is 0.378 e. The number of ether oxygens (including phenoxy) is 1. The quantitative estimate of drug-likeness (QED) is 0.894. The van der Waals surface area contributed by atoms with Gasteiger partial charge in [-0.1, -0.05) is 0 Å². The molecule has 2 aromatic rings. The smallest absolute Gasteiger partial charge is 0.319 e. The van der Waals surface area contributed by atoms with Crippen molar-refractivity contribution >= 4 is 11.6 Å². The van der Waals surface area contributed by atoms with Gasteiger partial charge in [-0.05, 0) is 12.1 Å². The van der Waals surface area contributed by atoms with Crippen LogP contribution in [0.2, 0.25) is 0 Å². The predicted octanol–water partition coefficient (Wildman–Crippen LogP) is 1.44. The molecule has 3 rings (SSSR count). The molecule has 1 fully saturated rings. The lowest BCUT2D eigenvalue weighted by molar-refractivity contribution is 0.0660. The van der Waals surface area contributed by atoms with Gasteiger partial charge in [0, 0.05) is 37.4 Å². The highest BCUT2D eigenvalue weighted by molar-refractivity contribution is 5.93. The van der Waals surface area contributed by atoms with Crippen molar-refractivity contribution in [2.24, 2.45) is 0 Å². The molecule has 1 aliphatic rings. The normalized spacial score (nSPS) is 14.9. The molecule has 128 valence electrons. The maximum atomic E-state index is 12.7. The first-order valence-corrected chi connectivity index (χ1v) is 7.52. The van der Waals surface area contributed by atoms with Crippen molar-refractivity contribution in [1.29, 1.82) is 0 Å². The number of morpholine rings is 1.